The Morgan fingerprint density at radius 3 is 2.88 bits per heavy atom. The highest BCUT2D eigenvalue weighted by Crippen LogP contribution is 2.23. The van der Waals surface area contributed by atoms with Crippen LogP contribution in [-0.4, -0.2) is 23.2 Å². The topological polar surface area (TPSA) is 75.4 Å². The summed E-state index contributed by atoms with van der Waals surface area (Å²) in [6.45, 7) is 1.20. The van der Waals surface area contributed by atoms with Gasteiger partial charge in [0.25, 0.3) is 5.69 Å². The number of nitrogens with zero attached hydrogens (tertiary/aromatic N) is 1. The Morgan fingerprint density at radius 2 is 2.25 bits per heavy atom. The molecule has 5 nitrogen and oxygen atoms in total. The molecule has 0 amide bonds. The first-order valence-corrected chi connectivity index (χ1v) is 5.69. The fourth-order valence-corrected chi connectivity index (χ4v) is 1.63. The van der Waals surface area contributed by atoms with E-state index in [2.05, 4.69) is 21.2 Å². The molecule has 0 unspecified atom stereocenters. The third kappa shape index (κ3) is 3.88. The van der Waals surface area contributed by atoms with E-state index in [1.165, 1.54) is 6.07 Å². The highest BCUT2D eigenvalue weighted by molar-refractivity contribution is 9.10. The number of hydrogen-bond acceptors (Lipinski definition) is 4. The van der Waals surface area contributed by atoms with Crippen molar-refractivity contribution in [2.45, 2.75) is 13.0 Å². The average molecular weight is 289 g/mol. The normalized spacial score (nSPS) is 10.4. The van der Waals surface area contributed by atoms with Crippen molar-refractivity contribution in [2.24, 2.45) is 0 Å². The summed E-state index contributed by atoms with van der Waals surface area (Å²) in [5.74, 6) is 0. The van der Waals surface area contributed by atoms with Crippen LogP contribution in [0.25, 0.3) is 0 Å². The van der Waals surface area contributed by atoms with E-state index in [4.69, 9.17) is 5.11 Å². The lowest BCUT2D eigenvalue weighted by Crippen LogP contribution is -2.16. The van der Waals surface area contributed by atoms with E-state index in [-0.39, 0.29) is 12.3 Å². The van der Waals surface area contributed by atoms with Gasteiger partial charge >= 0.3 is 0 Å². The first-order valence-electron chi connectivity index (χ1n) is 4.89. The lowest BCUT2D eigenvalue weighted by molar-refractivity contribution is -0.385. The Morgan fingerprint density at radius 1 is 1.50 bits per heavy atom. The first kappa shape index (κ1) is 13.1. The molecular formula is C10H13BrN2O3. The summed E-state index contributed by atoms with van der Waals surface area (Å²) in [6.07, 6.45) is 0.643. The van der Waals surface area contributed by atoms with Crippen LogP contribution in [0.5, 0.6) is 0 Å². The third-order valence-electron chi connectivity index (χ3n) is 2.07. The molecule has 1 rings (SSSR count). The minimum absolute atomic E-state index is 0.103. The summed E-state index contributed by atoms with van der Waals surface area (Å²) in [5.41, 5.74) is 0.747. The van der Waals surface area contributed by atoms with Gasteiger partial charge in [-0.15, -0.1) is 0 Å². The van der Waals surface area contributed by atoms with E-state index in [1.54, 1.807) is 12.1 Å². The van der Waals surface area contributed by atoms with Crippen LogP contribution in [0, 0.1) is 10.1 Å². The molecule has 0 atom stereocenters. The molecular weight excluding hydrogens is 276 g/mol. The fraction of sp³-hybridized carbons (Fsp3) is 0.400. The number of rotatable bonds is 6. The van der Waals surface area contributed by atoms with E-state index >= 15 is 0 Å². The number of aliphatic hydroxyl groups is 1. The average Bonchev–Trinajstić information content (AvgIpc) is 2.26. The van der Waals surface area contributed by atoms with Gasteiger partial charge in [-0.05, 0) is 25.1 Å². The van der Waals surface area contributed by atoms with Crippen molar-refractivity contribution in [1.29, 1.82) is 0 Å². The molecule has 0 fully saturated rings. The number of benzene rings is 1. The lowest BCUT2D eigenvalue weighted by atomic mass is 10.2. The summed E-state index contributed by atoms with van der Waals surface area (Å²) >= 11 is 3.20. The molecule has 1 aromatic carbocycles. The van der Waals surface area contributed by atoms with Gasteiger partial charge < -0.3 is 10.4 Å². The summed E-state index contributed by atoms with van der Waals surface area (Å²) < 4.78 is 0.693. The van der Waals surface area contributed by atoms with Crippen molar-refractivity contribution in [3.05, 3.63) is 38.3 Å². The van der Waals surface area contributed by atoms with Gasteiger partial charge in [0.2, 0.25) is 0 Å². The van der Waals surface area contributed by atoms with E-state index in [0.717, 1.165) is 0 Å². The van der Waals surface area contributed by atoms with E-state index in [1.807, 2.05) is 0 Å². The number of nitro benzene ring substituents is 1. The molecule has 0 saturated carbocycles. The van der Waals surface area contributed by atoms with E-state index < -0.39 is 4.92 Å². The molecule has 2 N–H and O–H groups in total. The first-order chi connectivity index (χ1) is 7.65. The standard InChI is InChI=1S/C10H13BrN2O3/c11-9-3-2-8(7-12-4-1-5-14)10(6-9)13(15)16/h2-3,6,12,14H,1,4-5,7H2. The van der Waals surface area contributed by atoms with E-state index in [0.29, 0.717) is 29.5 Å². The minimum atomic E-state index is -0.395. The zero-order valence-corrected chi connectivity index (χ0v) is 10.2. The molecule has 16 heavy (non-hydrogen) atoms. The maximum Gasteiger partial charge on any atom is 0.275 e. The predicted octanol–water partition coefficient (Wildman–Crippen LogP) is 1.83. The van der Waals surface area contributed by atoms with Gasteiger partial charge in [-0.3, -0.25) is 10.1 Å². The van der Waals surface area contributed by atoms with Gasteiger partial charge in [-0.25, -0.2) is 0 Å². The summed E-state index contributed by atoms with van der Waals surface area (Å²) in [7, 11) is 0. The van der Waals surface area contributed by atoms with E-state index in [9.17, 15) is 10.1 Å². The maximum atomic E-state index is 10.8. The molecule has 1 aromatic rings. The summed E-state index contributed by atoms with van der Waals surface area (Å²) in [4.78, 5) is 10.4. The van der Waals surface area contributed by atoms with Gasteiger partial charge in [0, 0.05) is 29.3 Å². The molecule has 0 saturated heterocycles. The van der Waals surface area contributed by atoms with Gasteiger partial charge in [0.05, 0.1) is 4.92 Å². The Bertz CT molecular complexity index is 371. The van der Waals surface area contributed by atoms with Crippen LogP contribution in [0.2, 0.25) is 0 Å². The second-order valence-corrected chi connectivity index (χ2v) is 4.20. The van der Waals surface area contributed by atoms with Gasteiger partial charge in [0.15, 0.2) is 0 Å². The number of halogens is 1. The molecule has 0 aliphatic heterocycles. The Labute approximate surface area is 102 Å². The number of nitro groups is 1. The number of aliphatic hydroxyl groups excluding tert-OH is 1. The van der Waals surface area contributed by atoms with Crippen LogP contribution in [0.1, 0.15) is 12.0 Å². The Balaban J connectivity index is 2.67. The minimum Gasteiger partial charge on any atom is -0.396 e. The SMILES string of the molecule is O=[N+]([O-])c1cc(Br)ccc1CNCCCO. The Kier molecular flexibility index (Phi) is 5.37. The molecule has 0 spiro atoms. The van der Waals surface area contributed by atoms with Crippen molar-refractivity contribution in [1.82, 2.24) is 5.32 Å². The highest BCUT2D eigenvalue weighted by atomic mass is 79.9. The van der Waals surface area contributed by atoms with Gasteiger partial charge in [0.1, 0.15) is 0 Å². The lowest BCUT2D eigenvalue weighted by Gasteiger charge is -2.05. The molecule has 0 aliphatic carbocycles. The zero-order valence-electron chi connectivity index (χ0n) is 8.65. The molecule has 0 aromatic heterocycles. The number of hydrogen-bond donors (Lipinski definition) is 2. The largest absolute Gasteiger partial charge is 0.396 e. The van der Waals surface area contributed by atoms with Crippen LogP contribution in [-0.2, 0) is 6.54 Å². The monoisotopic (exact) mass is 288 g/mol. The van der Waals surface area contributed by atoms with Crippen molar-refractivity contribution in [3.8, 4) is 0 Å². The second-order valence-electron chi connectivity index (χ2n) is 3.28. The van der Waals surface area contributed by atoms with Crippen LogP contribution in [0.3, 0.4) is 0 Å². The number of nitrogens with one attached hydrogen (secondary N) is 1. The van der Waals surface area contributed by atoms with Crippen LogP contribution < -0.4 is 5.32 Å². The Hall–Kier alpha value is -0.980. The van der Waals surface area contributed by atoms with Crippen molar-refractivity contribution in [2.75, 3.05) is 13.2 Å². The van der Waals surface area contributed by atoms with Gasteiger partial charge in [-0.2, -0.15) is 0 Å². The molecule has 0 heterocycles. The van der Waals surface area contributed by atoms with Crippen molar-refractivity contribution in [3.63, 3.8) is 0 Å². The molecule has 0 aliphatic rings. The molecule has 0 bridgehead atoms. The summed E-state index contributed by atoms with van der Waals surface area (Å²) in [6, 6.07) is 4.98. The molecule has 88 valence electrons. The second kappa shape index (κ2) is 6.57. The predicted molar refractivity (Wildman–Crippen MR) is 64.2 cm³/mol. The van der Waals surface area contributed by atoms with Gasteiger partial charge in [-0.1, -0.05) is 15.9 Å². The summed E-state index contributed by atoms with van der Waals surface area (Å²) in [5, 5.41) is 22.4. The maximum absolute atomic E-state index is 10.8. The quantitative estimate of drug-likeness (QED) is 0.476. The van der Waals surface area contributed by atoms with Crippen LogP contribution in [0.15, 0.2) is 22.7 Å². The smallest absolute Gasteiger partial charge is 0.275 e. The highest BCUT2D eigenvalue weighted by Gasteiger charge is 2.13. The molecule has 0 radical (unpaired) electrons. The zero-order chi connectivity index (χ0) is 12.0. The van der Waals surface area contributed by atoms with Crippen molar-refractivity contribution < 1.29 is 10.0 Å². The van der Waals surface area contributed by atoms with Crippen LogP contribution >= 0.6 is 15.9 Å². The fourth-order valence-electron chi connectivity index (χ4n) is 1.28. The molecule has 6 heteroatoms. The van der Waals surface area contributed by atoms with Crippen LogP contribution in [0.4, 0.5) is 5.69 Å². The van der Waals surface area contributed by atoms with Crippen molar-refractivity contribution >= 4 is 21.6 Å². The third-order valence-corrected chi connectivity index (χ3v) is 2.56.